The average Bonchev–Trinajstić information content (AvgIpc) is 2.56. The molecule has 0 aliphatic rings. The van der Waals surface area contributed by atoms with Crippen LogP contribution in [0.3, 0.4) is 0 Å². The number of hydrogen-bond donors (Lipinski definition) is 2. The summed E-state index contributed by atoms with van der Waals surface area (Å²) in [5, 5.41) is 2.30. The lowest BCUT2D eigenvalue weighted by molar-refractivity contribution is 0.640. The summed E-state index contributed by atoms with van der Waals surface area (Å²) in [6, 6.07) is 16.8. The second kappa shape index (κ2) is 6.04. The Morgan fingerprint density at radius 3 is 2.62 bits per heavy atom. The van der Waals surface area contributed by atoms with E-state index in [4.69, 9.17) is 5.84 Å². The molecular weight excluding hydrogens is 258 g/mol. The van der Waals surface area contributed by atoms with Gasteiger partial charge in [-0.15, -0.1) is 0 Å². The van der Waals surface area contributed by atoms with Crippen molar-refractivity contribution in [3.8, 4) is 0 Å². The summed E-state index contributed by atoms with van der Waals surface area (Å²) < 4.78 is 0. The quantitative estimate of drug-likeness (QED) is 0.568. The van der Waals surface area contributed by atoms with Gasteiger partial charge in [0, 0.05) is 17.8 Å². The van der Waals surface area contributed by atoms with E-state index in [-0.39, 0.29) is 6.04 Å². The third-order valence-electron chi connectivity index (χ3n) is 3.91. The average molecular weight is 277 g/mol. The number of pyridine rings is 1. The Labute approximate surface area is 124 Å². The number of nitrogens with one attached hydrogen (secondary N) is 1. The lowest BCUT2D eigenvalue weighted by atomic mass is 9.94. The third-order valence-corrected chi connectivity index (χ3v) is 3.91. The number of rotatable bonds is 4. The molecule has 0 amide bonds. The van der Waals surface area contributed by atoms with Gasteiger partial charge in [0.15, 0.2) is 0 Å². The van der Waals surface area contributed by atoms with Crippen molar-refractivity contribution in [2.75, 3.05) is 0 Å². The van der Waals surface area contributed by atoms with Gasteiger partial charge in [0.25, 0.3) is 0 Å². The molecule has 0 bridgehead atoms. The van der Waals surface area contributed by atoms with Crippen LogP contribution >= 0.6 is 0 Å². The Kier molecular flexibility index (Phi) is 3.95. The highest BCUT2D eigenvalue weighted by atomic mass is 15.2. The van der Waals surface area contributed by atoms with E-state index in [1.165, 1.54) is 22.1 Å². The minimum atomic E-state index is -0.0259. The van der Waals surface area contributed by atoms with E-state index >= 15 is 0 Å². The van der Waals surface area contributed by atoms with Crippen LogP contribution < -0.4 is 11.3 Å². The Hall–Kier alpha value is -2.23. The summed E-state index contributed by atoms with van der Waals surface area (Å²) in [5.41, 5.74) is 6.61. The van der Waals surface area contributed by atoms with Crippen LogP contribution in [-0.2, 0) is 6.42 Å². The number of nitrogens with zero attached hydrogens (tertiary/aromatic N) is 1. The Morgan fingerprint density at radius 1 is 1.10 bits per heavy atom. The van der Waals surface area contributed by atoms with Crippen molar-refractivity contribution >= 4 is 10.8 Å². The molecule has 0 aliphatic carbocycles. The molecule has 1 aromatic heterocycles. The topological polar surface area (TPSA) is 50.9 Å². The Bertz CT molecular complexity index is 730. The molecule has 21 heavy (non-hydrogen) atoms. The summed E-state index contributed by atoms with van der Waals surface area (Å²) in [6.45, 7) is 2.16. The van der Waals surface area contributed by atoms with Crippen LogP contribution in [0.1, 0.15) is 29.7 Å². The highest BCUT2D eigenvalue weighted by Crippen LogP contribution is 2.28. The summed E-state index contributed by atoms with van der Waals surface area (Å²) in [4.78, 5) is 4.18. The SMILES string of the molecule is CCc1ccc(C(NN)c2cccc3cnccc23)cc1. The molecule has 1 heterocycles. The van der Waals surface area contributed by atoms with E-state index in [2.05, 4.69) is 53.7 Å². The molecular formula is C18H19N3. The van der Waals surface area contributed by atoms with Crippen LogP contribution in [0.2, 0.25) is 0 Å². The van der Waals surface area contributed by atoms with Gasteiger partial charge in [0.05, 0.1) is 6.04 Å². The second-order valence-electron chi connectivity index (χ2n) is 5.14. The standard InChI is InChI=1S/C18H19N3/c1-2-13-6-8-14(9-7-13)18(21-19)17-5-3-4-15-12-20-11-10-16(15)17/h3-12,18,21H,2,19H2,1H3. The second-order valence-corrected chi connectivity index (χ2v) is 5.14. The molecule has 106 valence electrons. The van der Waals surface area contributed by atoms with Crippen molar-refractivity contribution in [3.05, 3.63) is 77.6 Å². The fourth-order valence-corrected chi connectivity index (χ4v) is 2.71. The molecule has 3 rings (SSSR count). The van der Waals surface area contributed by atoms with Crippen LogP contribution in [0.4, 0.5) is 0 Å². The molecule has 1 unspecified atom stereocenters. The molecule has 0 aliphatic heterocycles. The maximum Gasteiger partial charge on any atom is 0.0716 e. The first-order valence-corrected chi connectivity index (χ1v) is 7.21. The number of hydrogen-bond acceptors (Lipinski definition) is 3. The monoisotopic (exact) mass is 277 g/mol. The van der Waals surface area contributed by atoms with E-state index < -0.39 is 0 Å². The summed E-state index contributed by atoms with van der Waals surface area (Å²) >= 11 is 0. The zero-order valence-electron chi connectivity index (χ0n) is 12.1. The molecule has 0 fully saturated rings. The van der Waals surface area contributed by atoms with Gasteiger partial charge in [0.2, 0.25) is 0 Å². The van der Waals surface area contributed by atoms with Gasteiger partial charge in [-0.3, -0.25) is 10.8 Å². The van der Waals surface area contributed by atoms with E-state index in [1.807, 2.05) is 24.5 Å². The molecule has 3 heteroatoms. The van der Waals surface area contributed by atoms with Gasteiger partial charge in [-0.05, 0) is 34.6 Å². The van der Waals surface area contributed by atoms with Gasteiger partial charge in [0.1, 0.15) is 0 Å². The number of aryl methyl sites for hydroxylation is 1. The maximum absolute atomic E-state index is 5.83. The first-order chi connectivity index (χ1) is 10.3. The number of aromatic nitrogens is 1. The minimum Gasteiger partial charge on any atom is -0.271 e. The van der Waals surface area contributed by atoms with Crippen LogP contribution in [0, 0.1) is 0 Å². The lowest BCUT2D eigenvalue weighted by Crippen LogP contribution is -2.29. The molecule has 3 aromatic rings. The first-order valence-electron chi connectivity index (χ1n) is 7.21. The largest absolute Gasteiger partial charge is 0.271 e. The van der Waals surface area contributed by atoms with Crippen LogP contribution in [0.5, 0.6) is 0 Å². The lowest BCUT2D eigenvalue weighted by Gasteiger charge is -2.19. The fraction of sp³-hybridized carbons (Fsp3) is 0.167. The van der Waals surface area contributed by atoms with Gasteiger partial charge < -0.3 is 0 Å². The zero-order chi connectivity index (χ0) is 14.7. The molecule has 0 saturated heterocycles. The summed E-state index contributed by atoms with van der Waals surface area (Å²) in [7, 11) is 0. The fourth-order valence-electron chi connectivity index (χ4n) is 2.71. The predicted molar refractivity (Wildman–Crippen MR) is 86.7 cm³/mol. The number of fused-ring (bicyclic) bond motifs is 1. The van der Waals surface area contributed by atoms with Gasteiger partial charge in [-0.2, -0.15) is 0 Å². The highest BCUT2D eigenvalue weighted by Gasteiger charge is 2.14. The van der Waals surface area contributed by atoms with E-state index in [0.29, 0.717) is 0 Å². The van der Waals surface area contributed by atoms with Gasteiger partial charge in [-0.25, -0.2) is 5.43 Å². The van der Waals surface area contributed by atoms with E-state index in [0.717, 1.165) is 11.8 Å². The predicted octanol–water partition coefficient (Wildman–Crippen LogP) is 3.35. The maximum atomic E-state index is 5.83. The van der Waals surface area contributed by atoms with Crippen LogP contribution in [0.15, 0.2) is 60.9 Å². The van der Waals surface area contributed by atoms with E-state index in [1.54, 1.807) is 0 Å². The van der Waals surface area contributed by atoms with Crippen molar-refractivity contribution < 1.29 is 0 Å². The van der Waals surface area contributed by atoms with Crippen molar-refractivity contribution in [3.63, 3.8) is 0 Å². The van der Waals surface area contributed by atoms with Crippen molar-refractivity contribution in [1.29, 1.82) is 0 Å². The Morgan fingerprint density at radius 2 is 1.90 bits per heavy atom. The minimum absolute atomic E-state index is 0.0259. The smallest absolute Gasteiger partial charge is 0.0716 e. The number of nitrogens with two attached hydrogens (primary N) is 1. The Balaban J connectivity index is 2.09. The highest BCUT2D eigenvalue weighted by molar-refractivity contribution is 5.85. The van der Waals surface area contributed by atoms with Crippen molar-refractivity contribution in [1.82, 2.24) is 10.4 Å². The third kappa shape index (κ3) is 2.66. The van der Waals surface area contributed by atoms with Crippen molar-refractivity contribution in [2.24, 2.45) is 5.84 Å². The molecule has 3 nitrogen and oxygen atoms in total. The zero-order valence-corrected chi connectivity index (χ0v) is 12.1. The van der Waals surface area contributed by atoms with Gasteiger partial charge in [-0.1, -0.05) is 49.4 Å². The molecule has 3 N–H and O–H groups in total. The normalized spacial score (nSPS) is 12.5. The van der Waals surface area contributed by atoms with Crippen molar-refractivity contribution in [2.45, 2.75) is 19.4 Å². The number of benzene rings is 2. The molecule has 2 aromatic carbocycles. The number of hydrazine groups is 1. The summed E-state index contributed by atoms with van der Waals surface area (Å²) in [5.74, 6) is 5.83. The van der Waals surface area contributed by atoms with E-state index in [9.17, 15) is 0 Å². The van der Waals surface area contributed by atoms with Crippen LogP contribution in [-0.4, -0.2) is 4.98 Å². The molecule has 0 radical (unpaired) electrons. The van der Waals surface area contributed by atoms with Crippen LogP contribution in [0.25, 0.3) is 10.8 Å². The summed E-state index contributed by atoms with van der Waals surface area (Å²) in [6.07, 6.45) is 4.74. The molecule has 1 atom stereocenters. The van der Waals surface area contributed by atoms with Gasteiger partial charge >= 0.3 is 0 Å². The molecule has 0 saturated carbocycles. The first kappa shape index (κ1) is 13.7. The molecule has 0 spiro atoms.